The van der Waals surface area contributed by atoms with Crippen LogP contribution in [0.3, 0.4) is 0 Å². The highest BCUT2D eigenvalue weighted by Crippen LogP contribution is 2.08. The molecule has 17 heavy (non-hydrogen) atoms. The largest absolute Gasteiger partial charge is 0.481 e. The highest BCUT2D eigenvalue weighted by atomic mass is 16.4. The summed E-state index contributed by atoms with van der Waals surface area (Å²) in [5.41, 5.74) is 0. The number of hydrogen-bond donors (Lipinski definition) is 2. The van der Waals surface area contributed by atoms with Gasteiger partial charge in [-0.2, -0.15) is 0 Å². The Morgan fingerprint density at radius 1 is 0.765 bits per heavy atom. The zero-order valence-corrected chi connectivity index (χ0v) is 10.2. The third-order valence-corrected chi connectivity index (χ3v) is 2.47. The summed E-state index contributed by atoms with van der Waals surface area (Å²) in [6.45, 7) is 0. The highest BCUT2D eigenvalue weighted by Gasteiger charge is 1.96. The summed E-state index contributed by atoms with van der Waals surface area (Å²) in [7, 11) is 0. The Labute approximate surface area is 102 Å². The van der Waals surface area contributed by atoms with Crippen molar-refractivity contribution in [3.63, 3.8) is 0 Å². The molecule has 0 aromatic heterocycles. The molecule has 0 aromatic carbocycles. The predicted octanol–water partition coefficient (Wildman–Crippen LogP) is 3.22. The summed E-state index contributed by atoms with van der Waals surface area (Å²) in [5.74, 6) is -1.51. The van der Waals surface area contributed by atoms with Gasteiger partial charge in [-0.3, -0.25) is 9.59 Å². The molecule has 98 valence electrons. The molecule has 0 aliphatic carbocycles. The van der Waals surface area contributed by atoms with Crippen LogP contribution in [0.4, 0.5) is 0 Å². The monoisotopic (exact) mass is 242 g/mol. The Kier molecular flexibility index (Phi) is 10.3. The van der Waals surface area contributed by atoms with E-state index < -0.39 is 11.9 Å². The molecule has 0 aliphatic rings. The van der Waals surface area contributed by atoms with Gasteiger partial charge in [0, 0.05) is 6.42 Å². The minimum Gasteiger partial charge on any atom is -0.481 e. The van der Waals surface area contributed by atoms with Gasteiger partial charge in [-0.05, 0) is 19.3 Å². The van der Waals surface area contributed by atoms with Gasteiger partial charge in [0.05, 0.1) is 6.42 Å². The van der Waals surface area contributed by atoms with Gasteiger partial charge in [0.25, 0.3) is 0 Å². The number of carboxylic acid groups (broad SMARTS) is 2. The maximum Gasteiger partial charge on any atom is 0.307 e. The standard InChI is InChI=1S/C13H22O4/c14-12(15)10-8-6-4-2-1-3-5-7-9-11-13(16)17/h6,8H,1-5,7,9-11H2,(H,14,15)(H,16,17)/b8-6-. The third-order valence-electron chi connectivity index (χ3n) is 2.47. The minimum atomic E-state index is -0.792. The van der Waals surface area contributed by atoms with E-state index in [-0.39, 0.29) is 12.8 Å². The average Bonchev–Trinajstić information content (AvgIpc) is 2.25. The smallest absolute Gasteiger partial charge is 0.307 e. The number of carboxylic acids is 2. The van der Waals surface area contributed by atoms with Gasteiger partial charge >= 0.3 is 11.9 Å². The van der Waals surface area contributed by atoms with Crippen LogP contribution in [0.15, 0.2) is 12.2 Å². The molecule has 0 bridgehead atoms. The first-order chi connectivity index (χ1) is 8.13. The molecular formula is C13H22O4. The van der Waals surface area contributed by atoms with Crippen molar-refractivity contribution in [1.29, 1.82) is 0 Å². The van der Waals surface area contributed by atoms with Crippen molar-refractivity contribution in [3.8, 4) is 0 Å². The van der Waals surface area contributed by atoms with Crippen LogP contribution in [0, 0.1) is 0 Å². The number of carbonyl (C=O) groups is 2. The zero-order chi connectivity index (χ0) is 12.9. The molecule has 0 aliphatic heterocycles. The average molecular weight is 242 g/mol. The van der Waals surface area contributed by atoms with Crippen molar-refractivity contribution in [3.05, 3.63) is 12.2 Å². The van der Waals surface area contributed by atoms with Gasteiger partial charge in [-0.25, -0.2) is 0 Å². The number of allylic oxidation sites excluding steroid dienone is 1. The first-order valence-corrected chi connectivity index (χ1v) is 6.21. The maximum atomic E-state index is 10.2. The lowest BCUT2D eigenvalue weighted by Crippen LogP contribution is -1.93. The molecule has 0 unspecified atom stereocenters. The molecule has 0 fully saturated rings. The molecule has 0 atom stereocenters. The van der Waals surface area contributed by atoms with E-state index in [1.54, 1.807) is 6.08 Å². The molecule has 0 saturated carbocycles. The lowest BCUT2D eigenvalue weighted by atomic mass is 10.1. The van der Waals surface area contributed by atoms with Crippen LogP contribution in [0.1, 0.15) is 57.8 Å². The first kappa shape index (κ1) is 15.7. The molecule has 0 spiro atoms. The van der Waals surface area contributed by atoms with Crippen LogP contribution in [0.25, 0.3) is 0 Å². The van der Waals surface area contributed by atoms with E-state index in [9.17, 15) is 9.59 Å². The van der Waals surface area contributed by atoms with Crippen molar-refractivity contribution in [2.45, 2.75) is 57.8 Å². The third kappa shape index (κ3) is 14.7. The van der Waals surface area contributed by atoms with Crippen molar-refractivity contribution in [2.24, 2.45) is 0 Å². The normalized spacial score (nSPS) is 10.8. The first-order valence-electron chi connectivity index (χ1n) is 6.21. The van der Waals surface area contributed by atoms with E-state index in [0.717, 1.165) is 44.9 Å². The summed E-state index contributed by atoms with van der Waals surface area (Å²) in [4.78, 5) is 20.4. The topological polar surface area (TPSA) is 74.6 Å². The molecule has 0 saturated heterocycles. The molecule has 0 amide bonds. The molecule has 2 N–H and O–H groups in total. The van der Waals surface area contributed by atoms with Crippen molar-refractivity contribution < 1.29 is 19.8 Å². The second-order valence-electron chi connectivity index (χ2n) is 4.12. The van der Waals surface area contributed by atoms with Gasteiger partial charge in [0.2, 0.25) is 0 Å². The molecular weight excluding hydrogens is 220 g/mol. The molecule has 0 aromatic rings. The van der Waals surface area contributed by atoms with Crippen LogP contribution in [-0.2, 0) is 9.59 Å². The highest BCUT2D eigenvalue weighted by molar-refractivity contribution is 5.68. The van der Waals surface area contributed by atoms with Gasteiger partial charge in [-0.1, -0.05) is 37.8 Å². The van der Waals surface area contributed by atoms with Gasteiger partial charge in [-0.15, -0.1) is 0 Å². The lowest BCUT2D eigenvalue weighted by molar-refractivity contribution is -0.137. The summed E-state index contributed by atoms with van der Waals surface area (Å²) < 4.78 is 0. The van der Waals surface area contributed by atoms with Crippen LogP contribution in [-0.4, -0.2) is 22.2 Å². The Bertz CT molecular complexity index is 246. The summed E-state index contributed by atoms with van der Waals surface area (Å²) in [6.07, 6.45) is 11.1. The van der Waals surface area contributed by atoms with E-state index in [4.69, 9.17) is 10.2 Å². The SMILES string of the molecule is O=C(O)C/C=C\CCCCCCCCC(=O)O. The minimum absolute atomic E-state index is 0.106. The molecule has 0 heterocycles. The summed E-state index contributed by atoms with van der Waals surface area (Å²) in [6, 6.07) is 0. The van der Waals surface area contributed by atoms with Crippen molar-refractivity contribution >= 4 is 11.9 Å². The Morgan fingerprint density at radius 3 is 1.94 bits per heavy atom. The van der Waals surface area contributed by atoms with Crippen LogP contribution in [0.2, 0.25) is 0 Å². The fourth-order valence-corrected chi connectivity index (χ4v) is 1.55. The van der Waals surface area contributed by atoms with Gasteiger partial charge in [0.1, 0.15) is 0 Å². The van der Waals surface area contributed by atoms with E-state index in [2.05, 4.69) is 0 Å². The molecule has 4 nitrogen and oxygen atoms in total. The molecule has 0 radical (unpaired) electrons. The molecule has 4 heteroatoms. The Hall–Kier alpha value is -1.32. The number of hydrogen-bond acceptors (Lipinski definition) is 2. The quantitative estimate of drug-likeness (QED) is 0.431. The second-order valence-corrected chi connectivity index (χ2v) is 4.12. The maximum absolute atomic E-state index is 10.2. The van der Waals surface area contributed by atoms with Crippen molar-refractivity contribution in [2.75, 3.05) is 0 Å². The number of unbranched alkanes of at least 4 members (excludes halogenated alkanes) is 6. The van der Waals surface area contributed by atoms with Crippen LogP contribution < -0.4 is 0 Å². The van der Waals surface area contributed by atoms with Crippen LogP contribution in [0.5, 0.6) is 0 Å². The number of aliphatic carboxylic acids is 2. The fraction of sp³-hybridized carbons (Fsp3) is 0.692. The number of rotatable bonds is 11. The predicted molar refractivity (Wildman–Crippen MR) is 66.0 cm³/mol. The van der Waals surface area contributed by atoms with Crippen molar-refractivity contribution in [1.82, 2.24) is 0 Å². The van der Waals surface area contributed by atoms with Gasteiger partial charge in [0.15, 0.2) is 0 Å². The Morgan fingerprint density at radius 2 is 1.35 bits per heavy atom. The Balaban J connectivity index is 3.11. The summed E-state index contributed by atoms with van der Waals surface area (Å²) >= 11 is 0. The zero-order valence-electron chi connectivity index (χ0n) is 10.2. The van der Waals surface area contributed by atoms with E-state index in [1.807, 2.05) is 6.08 Å². The summed E-state index contributed by atoms with van der Waals surface area (Å²) in [5, 5.41) is 16.8. The second kappa shape index (κ2) is 11.2. The van der Waals surface area contributed by atoms with E-state index in [1.165, 1.54) is 0 Å². The lowest BCUT2D eigenvalue weighted by Gasteiger charge is -1.99. The molecule has 0 rings (SSSR count). The van der Waals surface area contributed by atoms with E-state index in [0.29, 0.717) is 0 Å². The van der Waals surface area contributed by atoms with E-state index >= 15 is 0 Å². The fourth-order valence-electron chi connectivity index (χ4n) is 1.55. The van der Waals surface area contributed by atoms with Gasteiger partial charge < -0.3 is 10.2 Å². The van der Waals surface area contributed by atoms with Crippen LogP contribution >= 0.6 is 0 Å².